The Morgan fingerprint density at radius 1 is 0.833 bits per heavy atom. The second-order valence-corrected chi connectivity index (χ2v) is 7.50. The van der Waals surface area contributed by atoms with E-state index in [0.29, 0.717) is 6.42 Å². The minimum Gasteiger partial charge on any atom is -0.271 e. The molecule has 5 rings (SSSR count). The SMILES string of the molecule is O=C(N/N=C/c1cccc2ccccc12)C1CC(c2cccc3ccccc23)NN1. The summed E-state index contributed by atoms with van der Waals surface area (Å²) in [6.45, 7) is 0. The van der Waals surface area contributed by atoms with Crippen LogP contribution < -0.4 is 16.3 Å². The van der Waals surface area contributed by atoms with Crippen LogP contribution in [-0.4, -0.2) is 18.2 Å². The Labute approximate surface area is 174 Å². The molecule has 0 spiro atoms. The predicted molar refractivity (Wildman–Crippen MR) is 121 cm³/mol. The van der Waals surface area contributed by atoms with Crippen LogP contribution in [0, 0.1) is 0 Å². The number of carbonyl (C=O) groups excluding carboxylic acids is 1. The first-order valence-electron chi connectivity index (χ1n) is 10.1. The third kappa shape index (κ3) is 3.56. The van der Waals surface area contributed by atoms with Crippen molar-refractivity contribution in [3.63, 3.8) is 0 Å². The Kier molecular flexibility index (Phi) is 4.97. The molecule has 0 bridgehead atoms. The summed E-state index contributed by atoms with van der Waals surface area (Å²) in [7, 11) is 0. The Balaban J connectivity index is 1.27. The zero-order chi connectivity index (χ0) is 20.3. The zero-order valence-corrected chi connectivity index (χ0v) is 16.4. The summed E-state index contributed by atoms with van der Waals surface area (Å²) in [5.74, 6) is -0.151. The monoisotopic (exact) mass is 394 g/mol. The Morgan fingerprint density at radius 2 is 1.50 bits per heavy atom. The van der Waals surface area contributed by atoms with Crippen molar-refractivity contribution in [2.45, 2.75) is 18.5 Å². The van der Waals surface area contributed by atoms with E-state index in [2.05, 4.69) is 69.9 Å². The highest BCUT2D eigenvalue weighted by Gasteiger charge is 2.30. The molecular weight excluding hydrogens is 372 g/mol. The van der Waals surface area contributed by atoms with Crippen LogP contribution in [0.5, 0.6) is 0 Å². The van der Waals surface area contributed by atoms with Gasteiger partial charge in [-0.2, -0.15) is 5.10 Å². The summed E-state index contributed by atoms with van der Waals surface area (Å²) in [4.78, 5) is 12.6. The maximum absolute atomic E-state index is 12.6. The van der Waals surface area contributed by atoms with E-state index in [1.54, 1.807) is 6.21 Å². The van der Waals surface area contributed by atoms with Crippen LogP contribution in [0.2, 0.25) is 0 Å². The normalized spacial score (nSPS) is 18.9. The fraction of sp³-hybridized carbons (Fsp3) is 0.120. The van der Waals surface area contributed by atoms with Crippen LogP contribution in [0.4, 0.5) is 0 Å². The molecule has 1 fully saturated rings. The minimum atomic E-state index is -0.348. The van der Waals surface area contributed by atoms with Gasteiger partial charge in [0.1, 0.15) is 6.04 Å². The largest absolute Gasteiger partial charge is 0.271 e. The van der Waals surface area contributed by atoms with E-state index in [-0.39, 0.29) is 18.0 Å². The van der Waals surface area contributed by atoms with Crippen LogP contribution in [0.25, 0.3) is 21.5 Å². The van der Waals surface area contributed by atoms with Gasteiger partial charge in [-0.25, -0.2) is 16.3 Å². The molecule has 1 amide bonds. The smallest absolute Gasteiger partial charge is 0.258 e. The summed E-state index contributed by atoms with van der Waals surface area (Å²) in [6.07, 6.45) is 2.36. The lowest BCUT2D eigenvalue weighted by molar-refractivity contribution is -0.122. The first-order chi connectivity index (χ1) is 14.8. The molecule has 0 aliphatic carbocycles. The number of carbonyl (C=O) groups is 1. The van der Waals surface area contributed by atoms with Gasteiger partial charge in [-0.05, 0) is 33.5 Å². The number of hydrogen-bond donors (Lipinski definition) is 3. The van der Waals surface area contributed by atoms with Gasteiger partial charge >= 0.3 is 0 Å². The van der Waals surface area contributed by atoms with Gasteiger partial charge < -0.3 is 0 Å². The zero-order valence-electron chi connectivity index (χ0n) is 16.4. The van der Waals surface area contributed by atoms with Gasteiger partial charge in [0.05, 0.1) is 6.21 Å². The number of nitrogens with one attached hydrogen (secondary N) is 3. The van der Waals surface area contributed by atoms with Gasteiger partial charge in [-0.15, -0.1) is 0 Å². The van der Waals surface area contributed by atoms with Gasteiger partial charge in [0.15, 0.2) is 0 Å². The molecule has 5 nitrogen and oxygen atoms in total. The van der Waals surface area contributed by atoms with Gasteiger partial charge in [0, 0.05) is 11.6 Å². The number of hydrogen-bond acceptors (Lipinski definition) is 4. The number of rotatable bonds is 4. The van der Waals surface area contributed by atoms with Crippen molar-refractivity contribution in [2.75, 3.05) is 0 Å². The fourth-order valence-electron chi connectivity index (χ4n) is 4.09. The molecule has 0 aromatic heterocycles. The number of benzene rings is 4. The average Bonchev–Trinajstić information content (AvgIpc) is 3.29. The number of fused-ring (bicyclic) bond motifs is 2. The molecule has 1 aliphatic heterocycles. The van der Waals surface area contributed by atoms with Gasteiger partial charge in [0.2, 0.25) is 0 Å². The van der Waals surface area contributed by atoms with E-state index in [0.717, 1.165) is 16.3 Å². The minimum absolute atomic E-state index is 0.0638. The van der Waals surface area contributed by atoms with Crippen molar-refractivity contribution in [3.05, 3.63) is 96.1 Å². The van der Waals surface area contributed by atoms with Crippen molar-refractivity contribution >= 4 is 33.7 Å². The highest BCUT2D eigenvalue weighted by Crippen LogP contribution is 2.29. The van der Waals surface area contributed by atoms with Gasteiger partial charge in [-0.1, -0.05) is 84.9 Å². The summed E-state index contributed by atoms with van der Waals surface area (Å²) in [6, 6.07) is 28.5. The molecule has 2 atom stereocenters. The first kappa shape index (κ1) is 18.5. The number of nitrogens with zero attached hydrogens (tertiary/aromatic N) is 1. The molecule has 0 saturated carbocycles. The first-order valence-corrected chi connectivity index (χ1v) is 10.1. The standard InChI is InChI=1S/C25H22N4O/c30-25(29-26-16-19-11-5-9-17-7-1-3-12-20(17)19)24-15-23(27-28-24)22-14-6-10-18-8-2-4-13-21(18)22/h1-14,16,23-24,27-28H,15H2,(H,29,30)/b26-16+. The third-order valence-corrected chi connectivity index (χ3v) is 5.62. The third-order valence-electron chi connectivity index (χ3n) is 5.62. The van der Waals surface area contributed by atoms with E-state index in [4.69, 9.17) is 0 Å². The van der Waals surface area contributed by atoms with Crippen molar-refractivity contribution in [2.24, 2.45) is 5.10 Å². The van der Waals surface area contributed by atoms with Crippen LogP contribution in [-0.2, 0) is 4.79 Å². The van der Waals surface area contributed by atoms with Crippen LogP contribution in [0.3, 0.4) is 0 Å². The number of amides is 1. The molecular formula is C25H22N4O. The van der Waals surface area contributed by atoms with Crippen molar-refractivity contribution < 1.29 is 4.79 Å². The fourth-order valence-corrected chi connectivity index (χ4v) is 4.09. The quantitative estimate of drug-likeness (QED) is 0.361. The highest BCUT2D eigenvalue weighted by atomic mass is 16.2. The summed E-state index contributed by atoms with van der Waals surface area (Å²) in [5, 5.41) is 8.85. The average molecular weight is 394 g/mol. The maximum Gasteiger partial charge on any atom is 0.258 e. The molecule has 1 saturated heterocycles. The summed E-state index contributed by atoms with van der Waals surface area (Å²) in [5.41, 5.74) is 11.2. The van der Waals surface area contributed by atoms with Crippen LogP contribution >= 0.6 is 0 Å². The molecule has 4 aromatic rings. The van der Waals surface area contributed by atoms with Crippen LogP contribution in [0.15, 0.2) is 90.0 Å². The molecule has 3 N–H and O–H groups in total. The van der Waals surface area contributed by atoms with E-state index in [1.165, 1.54) is 16.3 Å². The van der Waals surface area contributed by atoms with Crippen molar-refractivity contribution in [1.29, 1.82) is 0 Å². The maximum atomic E-state index is 12.6. The predicted octanol–water partition coefficient (Wildman–Crippen LogP) is 4.05. The molecule has 1 heterocycles. The van der Waals surface area contributed by atoms with E-state index in [9.17, 15) is 4.79 Å². The molecule has 2 unspecified atom stereocenters. The van der Waals surface area contributed by atoms with E-state index >= 15 is 0 Å². The lowest BCUT2D eigenvalue weighted by Crippen LogP contribution is -2.41. The number of hydrazine groups is 1. The topological polar surface area (TPSA) is 65.5 Å². The molecule has 5 heteroatoms. The van der Waals surface area contributed by atoms with Crippen molar-refractivity contribution in [3.8, 4) is 0 Å². The Hall–Kier alpha value is -3.54. The molecule has 4 aromatic carbocycles. The lowest BCUT2D eigenvalue weighted by atomic mass is 9.96. The summed E-state index contributed by atoms with van der Waals surface area (Å²) >= 11 is 0. The van der Waals surface area contributed by atoms with Crippen molar-refractivity contribution in [1.82, 2.24) is 16.3 Å². The molecule has 30 heavy (non-hydrogen) atoms. The van der Waals surface area contributed by atoms with E-state index in [1.807, 2.05) is 36.4 Å². The summed E-state index contributed by atoms with van der Waals surface area (Å²) < 4.78 is 0. The van der Waals surface area contributed by atoms with Gasteiger partial charge in [0.25, 0.3) is 5.91 Å². The van der Waals surface area contributed by atoms with Crippen LogP contribution in [0.1, 0.15) is 23.6 Å². The number of hydrazone groups is 1. The second kappa shape index (κ2) is 8.06. The Bertz CT molecular complexity index is 1240. The van der Waals surface area contributed by atoms with Gasteiger partial charge in [-0.3, -0.25) is 4.79 Å². The molecule has 1 aliphatic rings. The Morgan fingerprint density at radius 3 is 2.33 bits per heavy atom. The molecule has 0 radical (unpaired) electrons. The lowest BCUT2D eigenvalue weighted by Gasteiger charge is -2.13. The highest BCUT2D eigenvalue weighted by molar-refractivity contribution is 6.00. The second-order valence-electron chi connectivity index (χ2n) is 7.50. The van der Waals surface area contributed by atoms with E-state index < -0.39 is 0 Å². The molecule has 148 valence electrons.